The SMILES string of the molecule is Brc1oc2cccc(Br)c2c1Br. The molecule has 1 aromatic heterocycles. The molecule has 0 spiro atoms. The highest BCUT2D eigenvalue weighted by atomic mass is 79.9. The lowest BCUT2D eigenvalue weighted by atomic mass is 10.3. The van der Waals surface area contributed by atoms with Gasteiger partial charge >= 0.3 is 0 Å². The van der Waals surface area contributed by atoms with E-state index in [9.17, 15) is 0 Å². The van der Waals surface area contributed by atoms with Crippen LogP contribution in [0.1, 0.15) is 0 Å². The molecule has 0 aliphatic carbocycles. The van der Waals surface area contributed by atoms with Crippen LogP contribution in [0, 0.1) is 0 Å². The first-order valence-electron chi connectivity index (χ1n) is 3.22. The molecule has 0 fully saturated rings. The van der Waals surface area contributed by atoms with Crippen molar-refractivity contribution < 1.29 is 4.42 Å². The van der Waals surface area contributed by atoms with Crippen LogP contribution in [0.4, 0.5) is 0 Å². The molecule has 12 heavy (non-hydrogen) atoms. The van der Waals surface area contributed by atoms with E-state index in [1.165, 1.54) is 0 Å². The summed E-state index contributed by atoms with van der Waals surface area (Å²) in [6, 6.07) is 5.85. The second kappa shape index (κ2) is 3.16. The number of halogens is 3. The minimum Gasteiger partial charge on any atom is -0.448 e. The Morgan fingerprint density at radius 1 is 1.08 bits per heavy atom. The van der Waals surface area contributed by atoms with Gasteiger partial charge in [0.15, 0.2) is 4.67 Å². The second-order valence-corrected chi connectivity index (χ2v) is 4.67. The van der Waals surface area contributed by atoms with E-state index < -0.39 is 0 Å². The molecule has 0 radical (unpaired) electrons. The molecule has 1 heterocycles. The average molecular weight is 355 g/mol. The first-order chi connectivity index (χ1) is 5.70. The normalized spacial score (nSPS) is 10.9. The zero-order chi connectivity index (χ0) is 8.72. The van der Waals surface area contributed by atoms with E-state index in [4.69, 9.17) is 4.42 Å². The van der Waals surface area contributed by atoms with Crippen LogP contribution in [-0.2, 0) is 0 Å². The summed E-state index contributed by atoms with van der Waals surface area (Å²) in [4.78, 5) is 0. The lowest BCUT2D eigenvalue weighted by Crippen LogP contribution is -1.66. The summed E-state index contributed by atoms with van der Waals surface area (Å²) in [7, 11) is 0. The van der Waals surface area contributed by atoms with Crippen molar-refractivity contribution in [1.29, 1.82) is 0 Å². The lowest BCUT2D eigenvalue weighted by Gasteiger charge is -1.90. The molecule has 1 nitrogen and oxygen atoms in total. The zero-order valence-electron chi connectivity index (χ0n) is 5.77. The van der Waals surface area contributed by atoms with Crippen molar-refractivity contribution in [1.82, 2.24) is 0 Å². The molecule has 0 bridgehead atoms. The van der Waals surface area contributed by atoms with Crippen molar-refractivity contribution in [2.75, 3.05) is 0 Å². The van der Waals surface area contributed by atoms with Crippen LogP contribution in [0.25, 0.3) is 11.0 Å². The van der Waals surface area contributed by atoms with Gasteiger partial charge in [-0.1, -0.05) is 6.07 Å². The van der Waals surface area contributed by atoms with Crippen LogP contribution < -0.4 is 0 Å². The maximum absolute atomic E-state index is 5.42. The maximum atomic E-state index is 5.42. The first-order valence-corrected chi connectivity index (χ1v) is 5.60. The Labute approximate surface area is 94.5 Å². The van der Waals surface area contributed by atoms with Gasteiger partial charge in [-0.15, -0.1) is 0 Å². The van der Waals surface area contributed by atoms with Crippen LogP contribution >= 0.6 is 47.8 Å². The van der Waals surface area contributed by atoms with Gasteiger partial charge in [0, 0.05) is 9.86 Å². The molecule has 0 unspecified atom stereocenters. The predicted octanol–water partition coefficient (Wildman–Crippen LogP) is 4.72. The third-order valence-corrected chi connectivity index (χ3v) is 4.07. The van der Waals surface area contributed by atoms with Gasteiger partial charge < -0.3 is 4.42 Å². The molecule has 0 saturated heterocycles. The summed E-state index contributed by atoms with van der Waals surface area (Å²) >= 11 is 10.2. The highest BCUT2D eigenvalue weighted by Crippen LogP contribution is 2.38. The van der Waals surface area contributed by atoms with Crippen LogP contribution in [0.15, 0.2) is 36.2 Å². The minimum absolute atomic E-state index is 0.726. The molecular weight excluding hydrogens is 352 g/mol. The van der Waals surface area contributed by atoms with E-state index >= 15 is 0 Å². The summed E-state index contributed by atoms with van der Waals surface area (Å²) in [5.74, 6) is 0. The van der Waals surface area contributed by atoms with Gasteiger partial charge in [0.25, 0.3) is 0 Å². The van der Waals surface area contributed by atoms with Crippen molar-refractivity contribution in [2.45, 2.75) is 0 Å². The van der Waals surface area contributed by atoms with E-state index in [0.717, 1.165) is 24.6 Å². The van der Waals surface area contributed by atoms with E-state index in [0.29, 0.717) is 0 Å². The van der Waals surface area contributed by atoms with Gasteiger partial charge in [-0.25, -0.2) is 0 Å². The van der Waals surface area contributed by atoms with Crippen molar-refractivity contribution in [3.8, 4) is 0 Å². The number of benzene rings is 1. The van der Waals surface area contributed by atoms with Gasteiger partial charge in [-0.05, 0) is 59.9 Å². The quantitative estimate of drug-likeness (QED) is 0.667. The molecule has 0 aliphatic heterocycles. The molecule has 0 N–H and O–H groups in total. The van der Waals surface area contributed by atoms with Gasteiger partial charge in [0.05, 0.1) is 4.47 Å². The third-order valence-electron chi connectivity index (χ3n) is 1.57. The van der Waals surface area contributed by atoms with E-state index in [2.05, 4.69) is 47.8 Å². The van der Waals surface area contributed by atoms with E-state index in [1.807, 2.05) is 18.2 Å². The summed E-state index contributed by atoms with van der Waals surface area (Å²) < 4.78 is 8.12. The van der Waals surface area contributed by atoms with Crippen molar-refractivity contribution in [2.24, 2.45) is 0 Å². The fourth-order valence-corrected chi connectivity index (χ4v) is 2.72. The van der Waals surface area contributed by atoms with Crippen LogP contribution in [0.3, 0.4) is 0 Å². The lowest BCUT2D eigenvalue weighted by molar-refractivity contribution is 0.585. The summed E-state index contributed by atoms with van der Waals surface area (Å²) in [6.45, 7) is 0. The highest BCUT2D eigenvalue weighted by Gasteiger charge is 2.11. The standard InChI is InChI=1S/C8H3Br3O/c9-4-2-1-3-5-6(4)7(10)8(11)12-5/h1-3H. The Morgan fingerprint density at radius 2 is 1.83 bits per heavy atom. The Hall–Kier alpha value is 0.200. The molecule has 0 saturated carbocycles. The summed E-state index contributed by atoms with van der Waals surface area (Å²) in [5.41, 5.74) is 0.864. The van der Waals surface area contributed by atoms with Gasteiger partial charge in [0.2, 0.25) is 0 Å². The van der Waals surface area contributed by atoms with Gasteiger partial charge in [-0.3, -0.25) is 0 Å². The number of rotatable bonds is 0. The summed E-state index contributed by atoms with van der Waals surface area (Å²) in [6.07, 6.45) is 0. The zero-order valence-corrected chi connectivity index (χ0v) is 10.5. The largest absolute Gasteiger partial charge is 0.448 e. The van der Waals surface area contributed by atoms with Crippen molar-refractivity contribution in [3.05, 3.63) is 31.8 Å². The predicted molar refractivity (Wildman–Crippen MR) is 59.3 cm³/mol. The monoisotopic (exact) mass is 352 g/mol. The average Bonchev–Trinajstić information content (AvgIpc) is 2.29. The van der Waals surface area contributed by atoms with Gasteiger partial charge in [-0.2, -0.15) is 0 Å². The molecule has 2 rings (SSSR count). The van der Waals surface area contributed by atoms with Crippen molar-refractivity contribution >= 4 is 58.8 Å². The summed E-state index contributed by atoms with van der Waals surface area (Å²) in [5, 5.41) is 1.06. The molecule has 2 aromatic rings. The first kappa shape index (κ1) is 8.78. The number of furan rings is 1. The Morgan fingerprint density at radius 3 is 2.50 bits per heavy atom. The molecule has 1 aromatic carbocycles. The van der Waals surface area contributed by atoms with Crippen LogP contribution in [0.5, 0.6) is 0 Å². The molecule has 4 heteroatoms. The van der Waals surface area contributed by atoms with E-state index in [1.54, 1.807) is 0 Å². The van der Waals surface area contributed by atoms with Crippen LogP contribution in [-0.4, -0.2) is 0 Å². The fourth-order valence-electron chi connectivity index (χ4n) is 1.04. The number of hydrogen-bond acceptors (Lipinski definition) is 1. The smallest absolute Gasteiger partial charge is 0.184 e. The highest BCUT2D eigenvalue weighted by molar-refractivity contribution is 9.13. The Kier molecular flexibility index (Phi) is 2.31. The number of fused-ring (bicyclic) bond motifs is 1. The number of hydrogen-bond donors (Lipinski definition) is 0. The molecule has 62 valence electrons. The van der Waals surface area contributed by atoms with Crippen molar-refractivity contribution in [3.63, 3.8) is 0 Å². The fraction of sp³-hybridized carbons (Fsp3) is 0. The van der Waals surface area contributed by atoms with E-state index in [-0.39, 0.29) is 0 Å². The minimum atomic E-state index is 0.726. The molecule has 0 amide bonds. The second-order valence-electron chi connectivity index (χ2n) is 2.30. The molecule has 0 atom stereocenters. The Bertz CT molecular complexity index is 433. The maximum Gasteiger partial charge on any atom is 0.184 e. The van der Waals surface area contributed by atoms with Crippen LogP contribution in [0.2, 0.25) is 0 Å². The van der Waals surface area contributed by atoms with Gasteiger partial charge in [0.1, 0.15) is 5.58 Å². The molecular formula is C8H3Br3O. The molecule has 0 aliphatic rings. The topological polar surface area (TPSA) is 13.1 Å². The third kappa shape index (κ3) is 1.26. The Balaban J connectivity index is 2.97.